The lowest BCUT2D eigenvalue weighted by atomic mass is 9.96. The van der Waals surface area contributed by atoms with Crippen molar-refractivity contribution < 1.29 is 15.3 Å². The van der Waals surface area contributed by atoms with Crippen LogP contribution >= 0.6 is 11.8 Å². The molecule has 16 heavy (non-hydrogen) atoms. The highest BCUT2D eigenvalue weighted by atomic mass is 32.2. The van der Waals surface area contributed by atoms with Gasteiger partial charge in [0.25, 0.3) is 0 Å². The lowest BCUT2D eigenvalue weighted by Crippen LogP contribution is -2.61. The van der Waals surface area contributed by atoms with E-state index in [1.54, 1.807) is 0 Å². The summed E-state index contributed by atoms with van der Waals surface area (Å²) >= 11 is 1.47. The Labute approximate surface area is 102 Å². The largest absolute Gasteiger partial charge is 0.395 e. The van der Waals surface area contributed by atoms with E-state index >= 15 is 0 Å². The van der Waals surface area contributed by atoms with Gasteiger partial charge in [0.05, 0.1) is 30.1 Å². The van der Waals surface area contributed by atoms with Gasteiger partial charge in [-0.3, -0.25) is 4.90 Å². The van der Waals surface area contributed by atoms with Gasteiger partial charge >= 0.3 is 0 Å². The summed E-state index contributed by atoms with van der Waals surface area (Å²) in [5, 5.41) is 29.2. The van der Waals surface area contributed by atoms with Crippen LogP contribution in [-0.2, 0) is 0 Å². The maximum atomic E-state index is 10.1. The van der Waals surface area contributed by atoms with Crippen molar-refractivity contribution >= 4 is 11.8 Å². The summed E-state index contributed by atoms with van der Waals surface area (Å²) in [6.07, 6.45) is 2.82. The van der Waals surface area contributed by atoms with Gasteiger partial charge in [0.15, 0.2) is 0 Å². The van der Waals surface area contributed by atoms with Gasteiger partial charge in [0.2, 0.25) is 0 Å². The zero-order valence-corrected chi connectivity index (χ0v) is 10.9. The fraction of sp³-hybridized carbons (Fsp3) is 1.00. The molecule has 1 aliphatic rings. The Balaban J connectivity index is 2.65. The van der Waals surface area contributed by atoms with E-state index in [4.69, 9.17) is 0 Å². The Hall–Kier alpha value is 0.190. The number of piperidine rings is 1. The second-order valence-corrected chi connectivity index (χ2v) is 5.37. The predicted octanol–water partition coefficient (Wildman–Crippen LogP) is -0.0836. The third-order valence-electron chi connectivity index (χ3n) is 3.26. The molecule has 96 valence electrons. The number of aliphatic hydroxyl groups is 3. The van der Waals surface area contributed by atoms with E-state index in [1.807, 2.05) is 11.2 Å². The minimum atomic E-state index is -0.652. The van der Waals surface area contributed by atoms with Crippen LogP contribution in [0.1, 0.15) is 19.8 Å². The smallest absolute Gasteiger partial charge is 0.0861 e. The Kier molecular flexibility index (Phi) is 6.07. The van der Waals surface area contributed by atoms with Crippen LogP contribution in [-0.4, -0.2) is 69.7 Å². The summed E-state index contributed by atoms with van der Waals surface area (Å²) in [7, 11) is 0. The molecule has 1 aliphatic heterocycles. The number of rotatable bonds is 5. The molecule has 0 spiro atoms. The van der Waals surface area contributed by atoms with Crippen LogP contribution in [0.25, 0.3) is 0 Å². The van der Waals surface area contributed by atoms with Crippen LogP contribution in [0.4, 0.5) is 0 Å². The van der Waals surface area contributed by atoms with Crippen LogP contribution in [0.3, 0.4) is 0 Å². The highest BCUT2D eigenvalue weighted by Crippen LogP contribution is 2.26. The molecule has 1 rings (SSSR count). The molecule has 0 aliphatic carbocycles. The first-order chi connectivity index (χ1) is 7.65. The van der Waals surface area contributed by atoms with Gasteiger partial charge < -0.3 is 15.3 Å². The first-order valence-corrected chi connectivity index (χ1v) is 7.18. The first-order valence-electron chi connectivity index (χ1n) is 5.89. The SMILES string of the molecule is CCCCN1C[C@@H](O)[C@H](SC)[C@H](O)C1CO. The molecule has 1 saturated heterocycles. The van der Waals surface area contributed by atoms with E-state index in [0.29, 0.717) is 6.54 Å². The average Bonchev–Trinajstić information content (AvgIpc) is 2.26. The summed E-state index contributed by atoms with van der Waals surface area (Å²) in [6.45, 7) is 3.44. The average molecular weight is 249 g/mol. The minimum absolute atomic E-state index is 0.0470. The summed E-state index contributed by atoms with van der Waals surface area (Å²) < 4.78 is 0. The van der Waals surface area contributed by atoms with Gasteiger partial charge in [-0.15, -0.1) is 0 Å². The molecule has 0 radical (unpaired) electrons. The number of likely N-dealkylation sites (tertiary alicyclic amines) is 1. The zero-order chi connectivity index (χ0) is 12.1. The second-order valence-electron chi connectivity index (χ2n) is 4.36. The molecule has 0 aromatic carbocycles. The molecule has 1 fully saturated rings. The van der Waals surface area contributed by atoms with E-state index in [2.05, 4.69) is 6.92 Å². The van der Waals surface area contributed by atoms with Crippen molar-refractivity contribution in [2.24, 2.45) is 0 Å². The summed E-state index contributed by atoms with van der Waals surface area (Å²) in [5.41, 5.74) is 0. The summed E-state index contributed by atoms with van der Waals surface area (Å²) in [4.78, 5) is 2.01. The van der Waals surface area contributed by atoms with Gasteiger partial charge in [0, 0.05) is 6.54 Å². The third kappa shape index (κ3) is 3.11. The predicted molar refractivity (Wildman–Crippen MR) is 66.7 cm³/mol. The van der Waals surface area contributed by atoms with Crippen molar-refractivity contribution in [2.75, 3.05) is 26.0 Å². The molecule has 0 aromatic heterocycles. The van der Waals surface area contributed by atoms with Crippen molar-refractivity contribution in [1.29, 1.82) is 0 Å². The minimum Gasteiger partial charge on any atom is -0.395 e. The summed E-state index contributed by atoms with van der Waals surface area (Å²) in [6, 6.07) is -0.229. The fourth-order valence-corrected chi connectivity index (χ4v) is 3.14. The number of thioether (sulfide) groups is 1. The number of aliphatic hydroxyl groups excluding tert-OH is 3. The second kappa shape index (κ2) is 6.81. The number of β-amino-alcohol motifs (C(OH)–C–C–N with tert-alkyl or cyclic N) is 1. The molecule has 3 N–H and O–H groups in total. The highest BCUT2D eigenvalue weighted by Gasteiger charge is 2.41. The van der Waals surface area contributed by atoms with Gasteiger partial charge in [-0.1, -0.05) is 13.3 Å². The lowest BCUT2D eigenvalue weighted by molar-refractivity contribution is -0.0600. The Morgan fingerprint density at radius 1 is 1.38 bits per heavy atom. The number of unbranched alkanes of at least 4 members (excludes halogenated alkanes) is 1. The fourth-order valence-electron chi connectivity index (χ4n) is 2.28. The van der Waals surface area contributed by atoms with Crippen LogP contribution in [0.5, 0.6) is 0 Å². The quantitative estimate of drug-likeness (QED) is 0.636. The number of hydrogen-bond donors (Lipinski definition) is 3. The van der Waals surface area contributed by atoms with Crippen LogP contribution < -0.4 is 0 Å². The molecule has 4 nitrogen and oxygen atoms in total. The van der Waals surface area contributed by atoms with E-state index in [0.717, 1.165) is 19.4 Å². The van der Waals surface area contributed by atoms with E-state index in [1.165, 1.54) is 11.8 Å². The molecular weight excluding hydrogens is 226 g/mol. The van der Waals surface area contributed by atoms with E-state index in [9.17, 15) is 15.3 Å². The maximum absolute atomic E-state index is 10.1. The van der Waals surface area contributed by atoms with Gasteiger partial charge in [0.1, 0.15) is 0 Å². The molecule has 1 heterocycles. The van der Waals surface area contributed by atoms with Crippen LogP contribution in [0, 0.1) is 0 Å². The Morgan fingerprint density at radius 2 is 2.06 bits per heavy atom. The molecule has 0 aromatic rings. The molecule has 5 heteroatoms. The van der Waals surface area contributed by atoms with Crippen molar-refractivity contribution in [1.82, 2.24) is 4.90 Å². The lowest BCUT2D eigenvalue weighted by Gasteiger charge is -2.44. The molecular formula is C11H23NO3S. The van der Waals surface area contributed by atoms with Crippen LogP contribution in [0.2, 0.25) is 0 Å². The van der Waals surface area contributed by atoms with Crippen molar-refractivity contribution in [3.8, 4) is 0 Å². The number of nitrogens with zero attached hydrogens (tertiary/aromatic N) is 1. The molecule has 0 saturated carbocycles. The first kappa shape index (κ1) is 14.3. The maximum Gasteiger partial charge on any atom is 0.0861 e. The zero-order valence-electron chi connectivity index (χ0n) is 10.0. The Morgan fingerprint density at radius 3 is 2.56 bits per heavy atom. The standard InChI is InChI=1S/C11H23NO3S/c1-3-4-5-12-6-9(14)11(16-2)10(15)8(12)7-13/h8-11,13-15H,3-7H2,1-2H3/t8?,9-,10-,11+/m1/s1. The van der Waals surface area contributed by atoms with Crippen molar-refractivity contribution in [3.63, 3.8) is 0 Å². The van der Waals surface area contributed by atoms with E-state index in [-0.39, 0.29) is 17.9 Å². The van der Waals surface area contributed by atoms with Gasteiger partial charge in [-0.2, -0.15) is 11.8 Å². The van der Waals surface area contributed by atoms with Gasteiger partial charge in [-0.25, -0.2) is 0 Å². The molecule has 0 bridgehead atoms. The van der Waals surface area contributed by atoms with E-state index < -0.39 is 12.2 Å². The normalized spacial score (nSPS) is 36.6. The number of hydrogen-bond acceptors (Lipinski definition) is 5. The summed E-state index contributed by atoms with van der Waals surface area (Å²) in [5.74, 6) is 0. The molecule has 1 unspecified atom stereocenters. The van der Waals surface area contributed by atoms with Crippen molar-refractivity contribution in [3.05, 3.63) is 0 Å². The highest BCUT2D eigenvalue weighted by molar-refractivity contribution is 7.99. The molecule has 4 atom stereocenters. The van der Waals surface area contributed by atoms with Crippen molar-refractivity contribution in [2.45, 2.75) is 43.3 Å². The monoisotopic (exact) mass is 249 g/mol. The third-order valence-corrected chi connectivity index (χ3v) is 4.40. The topological polar surface area (TPSA) is 63.9 Å². The van der Waals surface area contributed by atoms with Crippen LogP contribution in [0.15, 0.2) is 0 Å². The van der Waals surface area contributed by atoms with Gasteiger partial charge in [-0.05, 0) is 19.2 Å². The molecule has 0 amide bonds. The Bertz CT molecular complexity index is 206.